The highest BCUT2D eigenvalue weighted by Gasteiger charge is 2.30. The molecule has 0 saturated carbocycles. The lowest BCUT2D eigenvalue weighted by Crippen LogP contribution is -2.23. The van der Waals surface area contributed by atoms with Crippen molar-refractivity contribution in [2.24, 2.45) is 7.05 Å². The van der Waals surface area contributed by atoms with Gasteiger partial charge in [-0.05, 0) is 35.9 Å². The summed E-state index contributed by atoms with van der Waals surface area (Å²) in [6.45, 7) is -0.0400. The van der Waals surface area contributed by atoms with Crippen molar-refractivity contribution >= 4 is 11.0 Å². The first-order chi connectivity index (χ1) is 17.5. The number of hydrogen-bond donors (Lipinski definition) is 0. The van der Waals surface area contributed by atoms with Crippen molar-refractivity contribution in [2.45, 2.75) is 19.1 Å². The van der Waals surface area contributed by atoms with E-state index in [0.29, 0.717) is 16.8 Å². The maximum Gasteiger partial charge on any atom is 0.416 e. The average Bonchev–Trinajstić information content (AvgIpc) is 3.44. The number of pyridine rings is 1. The molecule has 0 saturated heterocycles. The molecule has 0 fully saturated rings. The molecule has 5 aromatic rings. The summed E-state index contributed by atoms with van der Waals surface area (Å²) in [4.78, 5) is 17.1. The Hall–Kier alpha value is -4.42. The number of halogens is 6. The number of nitrogens with zero attached hydrogens (tertiary/aromatic N) is 5. The van der Waals surface area contributed by atoms with Crippen LogP contribution in [0.5, 0.6) is 0 Å². The van der Waals surface area contributed by atoms with Gasteiger partial charge in [0.05, 0.1) is 34.4 Å². The average molecular weight is 519 g/mol. The molecule has 0 amide bonds. The number of benzene rings is 2. The first-order valence-corrected chi connectivity index (χ1v) is 10.7. The summed E-state index contributed by atoms with van der Waals surface area (Å²) in [5.74, 6) is -1.69. The number of aromatic nitrogens is 5. The highest BCUT2D eigenvalue weighted by atomic mass is 19.4. The van der Waals surface area contributed by atoms with Crippen LogP contribution >= 0.6 is 0 Å². The van der Waals surface area contributed by atoms with Gasteiger partial charge in [0.15, 0.2) is 0 Å². The fourth-order valence-electron chi connectivity index (χ4n) is 3.88. The zero-order valence-electron chi connectivity index (χ0n) is 18.8. The number of hydrogen-bond acceptors (Lipinski definition) is 5. The Morgan fingerprint density at radius 3 is 2.27 bits per heavy atom. The summed E-state index contributed by atoms with van der Waals surface area (Å²) in [6.07, 6.45) is -6.11. The highest BCUT2D eigenvalue weighted by Crippen LogP contribution is 2.33. The Kier molecular flexibility index (Phi) is 5.85. The molecule has 0 aliphatic heterocycles. The molecular formula is C24H15F6N5O2. The van der Waals surface area contributed by atoms with E-state index in [-0.39, 0.29) is 29.1 Å². The molecular weight excluding hydrogens is 504 g/mol. The largest absolute Gasteiger partial charge is 0.416 e. The van der Waals surface area contributed by atoms with E-state index in [0.717, 1.165) is 18.2 Å². The second kappa shape index (κ2) is 8.91. The van der Waals surface area contributed by atoms with Gasteiger partial charge in [-0.1, -0.05) is 12.1 Å². The maximum absolute atomic E-state index is 15.1. The fourth-order valence-corrected chi connectivity index (χ4v) is 3.88. The molecule has 7 nitrogen and oxygen atoms in total. The number of alkyl halides is 5. The van der Waals surface area contributed by atoms with Gasteiger partial charge >= 0.3 is 18.3 Å². The Balaban J connectivity index is 1.47. The zero-order chi connectivity index (χ0) is 26.5. The van der Waals surface area contributed by atoms with Gasteiger partial charge in [0.2, 0.25) is 5.89 Å². The van der Waals surface area contributed by atoms with Gasteiger partial charge in [-0.2, -0.15) is 22.0 Å². The van der Waals surface area contributed by atoms with Crippen molar-refractivity contribution in [1.82, 2.24) is 24.3 Å². The van der Waals surface area contributed by atoms with Gasteiger partial charge in [0.1, 0.15) is 5.82 Å². The molecule has 0 radical (unpaired) electrons. The summed E-state index contributed by atoms with van der Waals surface area (Å²) >= 11 is 0. The van der Waals surface area contributed by atoms with Crippen LogP contribution in [-0.2, 0) is 19.8 Å². The molecule has 0 N–H and O–H groups in total. The second-order valence-electron chi connectivity index (χ2n) is 8.11. The first-order valence-electron chi connectivity index (χ1n) is 10.7. The van der Waals surface area contributed by atoms with E-state index < -0.39 is 35.6 Å². The molecule has 13 heteroatoms. The second-order valence-corrected chi connectivity index (χ2v) is 8.11. The Bertz CT molecular complexity index is 1650. The van der Waals surface area contributed by atoms with Crippen LogP contribution in [0.3, 0.4) is 0 Å². The van der Waals surface area contributed by atoms with E-state index in [1.54, 1.807) is 0 Å². The monoisotopic (exact) mass is 519 g/mol. The molecule has 3 heterocycles. The van der Waals surface area contributed by atoms with Gasteiger partial charge in [0, 0.05) is 24.9 Å². The third kappa shape index (κ3) is 4.47. The molecule has 190 valence electrons. The number of imidazole rings is 1. The van der Waals surface area contributed by atoms with E-state index >= 15 is 4.39 Å². The zero-order valence-corrected chi connectivity index (χ0v) is 18.8. The maximum atomic E-state index is 15.1. The lowest BCUT2D eigenvalue weighted by Gasteiger charge is -2.09. The highest BCUT2D eigenvalue weighted by molar-refractivity contribution is 5.83. The standard InChI is InChI=1S/C24H15F6N5O2/c1-34-18-8-16(12-2-5-14(6-3-12)24(28,29)30)17(25)9-19(18)35(23(34)36)11-15-7-4-13(10-31-15)21-32-33-22(37-21)20(26)27/h2-10,20H,11H2,1H3. The summed E-state index contributed by atoms with van der Waals surface area (Å²) < 4.78 is 86.5. The minimum absolute atomic E-state index is 0.0400. The molecule has 0 unspecified atom stereocenters. The van der Waals surface area contributed by atoms with Crippen LogP contribution in [0.1, 0.15) is 23.6 Å². The summed E-state index contributed by atoms with van der Waals surface area (Å²) in [6, 6.07) is 9.63. The topological polar surface area (TPSA) is 78.7 Å². The molecule has 0 atom stereocenters. The third-order valence-corrected chi connectivity index (χ3v) is 5.78. The quantitative estimate of drug-likeness (QED) is 0.283. The number of fused-ring (bicyclic) bond motifs is 1. The lowest BCUT2D eigenvalue weighted by atomic mass is 10.0. The molecule has 0 aliphatic carbocycles. The van der Waals surface area contributed by atoms with Crippen LogP contribution < -0.4 is 5.69 Å². The first kappa shape index (κ1) is 24.3. The molecule has 0 spiro atoms. The van der Waals surface area contributed by atoms with Gasteiger partial charge in [0.25, 0.3) is 5.89 Å². The Morgan fingerprint density at radius 1 is 0.973 bits per heavy atom. The molecule has 0 aliphatic rings. The molecule has 2 aromatic carbocycles. The van der Waals surface area contributed by atoms with Crippen molar-refractivity contribution in [3.8, 4) is 22.6 Å². The minimum Gasteiger partial charge on any atom is -0.415 e. The van der Waals surface area contributed by atoms with Gasteiger partial charge < -0.3 is 4.42 Å². The summed E-state index contributed by atoms with van der Waals surface area (Å²) in [5, 5.41) is 6.80. The molecule has 5 rings (SSSR count). The minimum atomic E-state index is -4.52. The van der Waals surface area contributed by atoms with E-state index in [2.05, 4.69) is 15.2 Å². The molecule has 3 aromatic heterocycles. The predicted octanol–water partition coefficient (Wildman–Crippen LogP) is 5.60. The van der Waals surface area contributed by atoms with E-state index in [4.69, 9.17) is 4.42 Å². The van der Waals surface area contributed by atoms with Crippen LogP contribution in [0.25, 0.3) is 33.6 Å². The summed E-state index contributed by atoms with van der Waals surface area (Å²) in [7, 11) is 1.49. The Morgan fingerprint density at radius 2 is 1.68 bits per heavy atom. The SMILES string of the molecule is Cn1c(=O)n(Cc2ccc(-c3nnc(C(F)F)o3)cn2)c2cc(F)c(-c3ccc(C(F)(F)F)cc3)cc21. The van der Waals surface area contributed by atoms with Crippen molar-refractivity contribution in [1.29, 1.82) is 0 Å². The molecule has 37 heavy (non-hydrogen) atoms. The van der Waals surface area contributed by atoms with Crippen LogP contribution in [0.15, 0.2) is 63.9 Å². The van der Waals surface area contributed by atoms with Gasteiger partial charge in [-0.15, -0.1) is 10.2 Å². The van der Waals surface area contributed by atoms with Crippen molar-refractivity contribution < 1.29 is 30.8 Å². The predicted molar refractivity (Wildman–Crippen MR) is 119 cm³/mol. The van der Waals surface area contributed by atoms with Crippen LogP contribution in [0.4, 0.5) is 26.3 Å². The fraction of sp³-hybridized carbons (Fsp3) is 0.167. The van der Waals surface area contributed by atoms with Crippen molar-refractivity contribution in [2.75, 3.05) is 0 Å². The molecule has 0 bridgehead atoms. The van der Waals surface area contributed by atoms with Crippen LogP contribution in [-0.4, -0.2) is 24.3 Å². The normalized spacial score (nSPS) is 12.1. The van der Waals surface area contributed by atoms with E-state index in [1.807, 2.05) is 0 Å². The Labute approximate surface area is 203 Å². The number of rotatable bonds is 5. The lowest BCUT2D eigenvalue weighted by molar-refractivity contribution is -0.137. The third-order valence-electron chi connectivity index (χ3n) is 5.78. The van der Waals surface area contributed by atoms with Gasteiger partial charge in [-0.25, -0.2) is 9.18 Å². The smallest absolute Gasteiger partial charge is 0.415 e. The van der Waals surface area contributed by atoms with E-state index in [1.165, 1.54) is 52.7 Å². The summed E-state index contributed by atoms with van der Waals surface area (Å²) in [5.41, 5.74) is 0.250. The van der Waals surface area contributed by atoms with Crippen LogP contribution in [0, 0.1) is 5.82 Å². The van der Waals surface area contributed by atoms with Crippen molar-refractivity contribution in [3.05, 3.63) is 88.2 Å². The number of aryl methyl sites for hydroxylation is 1. The van der Waals surface area contributed by atoms with Gasteiger partial charge in [-0.3, -0.25) is 14.1 Å². The van der Waals surface area contributed by atoms with Crippen molar-refractivity contribution in [3.63, 3.8) is 0 Å². The van der Waals surface area contributed by atoms with E-state index in [9.17, 15) is 26.7 Å². The van der Waals surface area contributed by atoms with Crippen LogP contribution in [0.2, 0.25) is 0 Å².